The number of guanidine groups is 1. The summed E-state index contributed by atoms with van der Waals surface area (Å²) in [7, 11) is 0. The summed E-state index contributed by atoms with van der Waals surface area (Å²) in [5.74, 6) is 0.835. The van der Waals surface area contributed by atoms with E-state index in [2.05, 4.69) is 24.2 Å². The molecule has 88 valence electrons. The van der Waals surface area contributed by atoms with Crippen molar-refractivity contribution >= 4 is 5.96 Å². The average molecular weight is 213 g/mol. The van der Waals surface area contributed by atoms with Crippen LogP contribution in [0.5, 0.6) is 0 Å². The summed E-state index contributed by atoms with van der Waals surface area (Å²) in [5, 5.41) is 12.2. The van der Waals surface area contributed by atoms with Gasteiger partial charge in [0.2, 0.25) is 0 Å². The quantitative estimate of drug-likeness (QED) is 0.479. The Morgan fingerprint density at radius 2 is 2.07 bits per heavy atom. The minimum Gasteiger partial charge on any atom is -0.394 e. The number of aliphatic hydroxyl groups is 1. The van der Waals surface area contributed by atoms with Crippen LogP contribution in [0.1, 0.15) is 39.5 Å². The molecular weight excluding hydrogens is 190 g/mol. The lowest BCUT2D eigenvalue weighted by Gasteiger charge is -2.20. The molecule has 4 N–H and O–H groups in total. The van der Waals surface area contributed by atoms with Gasteiger partial charge in [-0.1, -0.05) is 26.7 Å². The van der Waals surface area contributed by atoms with E-state index in [4.69, 9.17) is 10.8 Å². The van der Waals surface area contributed by atoms with Gasteiger partial charge in [0.15, 0.2) is 5.96 Å². The molecule has 1 aliphatic carbocycles. The first-order valence-electron chi connectivity index (χ1n) is 5.84. The van der Waals surface area contributed by atoms with Gasteiger partial charge < -0.3 is 16.2 Å². The molecule has 0 heterocycles. The molecule has 0 spiro atoms. The van der Waals surface area contributed by atoms with E-state index in [0.29, 0.717) is 17.9 Å². The Bertz CT molecular complexity index is 210. The smallest absolute Gasteiger partial charge is 0.189 e. The van der Waals surface area contributed by atoms with Gasteiger partial charge in [-0.25, -0.2) is 0 Å². The molecule has 0 radical (unpaired) electrons. The Morgan fingerprint density at radius 3 is 2.53 bits per heavy atom. The molecule has 1 fully saturated rings. The molecule has 0 bridgehead atoms. The second-order valence-corrected chi connectivity index (χ2v) is 4.63. The van der Waals surface area contributed by atoms with E-state index in [9.17, 15) is 0 Å². The Balaban J connectivity index is 2.41. The number of rotatable bonds is 4. The zero-order valence-electron chi connectivity index (χ0n) is 9.74. The van der Waals surface area contributed by atoms with Crippen molar-refractivity contribution in [1.82, 2.24) is 5.32 Å². The van der Waals surface area contributed by atoms with Crippen LogP contribution in [0.4, 0.5) is 0 Å². The Morgan fingerprint density at radius 1 is 1.47 bits per heavy atom. The fourth-order valence-corrected chi connectivity index (χ4v) is 1.88. The van der Waals surface area contributed by atoms with Crippen LogP contribution in [0, 0.1) is 5.92 Å². The van der Waals surface area contributed by atoms with Crippen molar-refractivity contribution in [3.05, 3.63) is 0 Å². The number of aliphatic imine (C=N–C) groups is 1. The summed E-state index contributed by atoms with van der Waals surface area (Å²) in [6, 6.07) is 0.402. The van der Waals surface area contributed by atoms with E-state index in [1.165, 1.54) is 12.8 Å². The molecule has 0 saturated heterocycles. The van der Waals surface area contributed by atoms with Crippen LogP contribution < -0.4 is 11.1 Å². The molecule has 0 aromatic carbocycles. The molecule has 0 amide bonds. The van der Waals surface area contributed by atoms with E-state index >= 15 is 0 Å². The highest BCUT2D eigenvalue weighted by Gasteiger charge is 2.16. The molecule has 0 unspecified atom stereocenters. The van der Waals surface area contributed by atoms with E-state index in [-0.39, 0.29) is 12.6 Å². The number of nitrogens with two attached hydrogens (primary N) is 1. The van der Waals surface area contributed by atoms with Crippen molar-refractivity contribution in [3.63, 3.8) is 0 Å². The Labute approximate surface area is 92.0 Å². The highest BCUT2D eigenvalue weighted by molar-refractivity contribution is 5.78. The van der Waals surface area contributed by atoms with Crippen molar-refractivity contribution < 1.29 is 5.11 Å². The second kappa shape index (κ2) is 5.95. The summed E-state index contributed by atoms with van der Waals surface area (Å²) in [5.41, 5.74) is 5.80. The molecule has 15 heavy (non-hydrogen) atoms. The lowest BCUT2D eigenvalue weighted by atomic mass is 10.1. The minimum atomic E-state index is 0.00940. The lowest BCUT2D eigenvalue weighted by Crippen LogP contribution is -2.45. The highest BCUT2D eigenvalue weighted by Crippen LogP contribution is 2.20. The molecule has 1 aliphatic rings. The maximum atomic E-state index is 9.13. The SMILES string of the molecule is CC(C)[C@@H](CO)NC(N)=NC1CCCC1. The van der Waals surface area contributed by atoms with E-state index in [0.717, 1.165) is 12.8 Å². The van der Waals surface area contributed by atoms with Gasteiger partial charge >= 0.3 is 0 Å². The summed E-state index contributed by atoms with van der Waals surface area (Å²) in [4.78, 5) is 4.42. The summed E-state index contributed by atoms with van der Waals surface area (Å²) < 4.78 is 0. The fraction of sp³-hybridized carbons (Fsp3) is 0.909. The zero-order chi connectivity index (χ0) is 11.3. The number of hydrogen-bond donors (Lipinski definition) is 3. The van der Waals surface area contributed by atoms with Crippen molar-refractivity contribution in [3.8, 4) is 0 Å². The third-order valence-electron chi connectivity index (χ3n) is 2.98. The van der Waals surface area contributed by atoms with Crippen LogP contribution in [-0.2, 0) is 0 Å². The molecule has 1 rings (SSSR count). The van der Waals surface area contributed by atoms with Crippen LogP contribution in [-0.4, -0.2) is 29.8 Å². The number of nitrogens with one attached hydrogen (secondary N) is 1. The van der Waals surface area contributed by atoms with Crippen LogP contribution in [0.2, 0.25) is 0 Å². The number of hydrogen-bond acceptors (Lipinski definition) is 2. The molecule has 0 aromatic heterocycles. The second-order valence-electron chi connectivity index (χ2n) is 4.63. The predicted molar refractivity (Wildman–Crippen MR) is 62.7 cm³/mol. The van der Waals surface area contributed by atoms with Gasteiger partial charge in [-0.15, -0.1) is 0 Å². The van der Waals surface area contributed by atoms with Crippen LogP contribution in [0.15, 0.2) is 4.99 Å². The van der Waals surface area contributed by atoms with Gasteiger partial charge in [0.25, 0.3) is 0 Å². The van der Waals surface area contributed by atoms with Gasteiger partial charge in [-0.2, -0.15) is 0 Å². The normalized spacial score (nSPS) is 20.9. The predicted octanol–water partition coefficient (Wildman–Crippen LogP) is 0.850. The monoisotopic (exact) mass is 213 g/mol. The highest BCUT2D eigenvalue weighted by atomic mass is 16.3. The number of aliphatic hydroxyl groups excluding tert-OH is 1. The lowest BCUT2D eigenvalue weighted by molar-refractivity contribution is 0.225. The molecule has 1 atom stereocenters. The summed E-state index contributed by atoms with van der Waals surface area (Å²) >= 11 is 0. The van der Waals surface area contributed by atoms with Crippen molar-refractivity contribution in [2.24, 2.45) is 16.6 Å². The largest absolute Gasteiger partial charge is 0.394 e. The minimum absolute atomic E-state index is 0.00940. The van der Waals surface area contributed by atoms with Gasteiger partial charge in [0.1, 0.15) is 0 Å². The summed E-state index contributed by atoms with van der Waals surface area (Å²) in [6.07, 6.45) is 4.81. The first kappa shape index (κ1) is 12.3. The Kier molecular flexibility index (Phi) is 4.88. The molecule has 0 aliphatic heterocycles. The van der Waals surface area contributed by atoms with Crippen molar-refractivity contribution in [2.45, 2.75) is 51.6 Å². The fourth-order valence-electron chi connectivity index (χ4n) is 1.88. The maximum Gasteiger partial charge on any atom is 0.189 e. The van der Waals surface area contributed by atoms with E-state index in [1.54, 1.807) is 0 Å². The Hall–Kier alpha value is -0.770. The van der Waals surface area contributed by atoms with E-state index in [1.807, 2.05) is 0 Å². The third kappa shape index (κ3) is 4.08. The maximum absolute atomic E-state index is 9.13. The summed E-state index contributed by atoms with van der Waals surface area (Å²) in [6.45, 7) is 4.20. The van der Waals surface area contributed by atoms with Gasteiger partial charge in [-0.3, -0.25) is 4.99 Å². The van der Waals surface area contributed by atoms with Crippen molar-refractivity contribution in [1.29, 1.82) is 0 Å². The van der Waals surface area contributed by atoms with Gasteiger partial charge in [0, 0.05) is 0 Å². The third-order valence-corrected chi connectivity index (χ3v) is 2.98. The first-order chi connectivity index (χ1) is 7.13. The van der Waals surface area contributed by atoms with Crippen LogP contribution in [0.3, 0.4) is 0 Å². The van der Waals surface area contributed by atoms with Gasteiger partial charge in [-0.05, 0) is 18.8 Å². The molecule has 4 heteroatoms. The molecule has 1 saturated carbocycles. The van der Waals surface area contributed by atoms with Crippen LogP contribution >= 0.6 is 0 Å². The first-order valence-corrected chi connectivity index (χ1v) is 5.84. The molecule has 4 nitrogen and oxygen atoms in total. The topological polar surface area (TPSA) is 70.6 Å². The van der Waals surface area contributed by atoms with E-state index < -0.39 is 0 Å². The average Bonchev–Trinajstić information content (AvgIpc) is 2.66. The standard InChI is InChI=1S/C11H23N3O/c1-8(2)10(7-15)14-11(12)13-9-5-3-4-6-9/h8-10,15H,3-7H2,1-2H3,(H3,12,13,14)/t10-/m1/s1. The zero-order valence-corrected chi connectivity index (χ0v) is 9.74. The van der Waals surface area contributed by atoms with Crippen molar-refractivity contribution in [2.75, 3.05) is 6.61 Å². The number of nitrogens with zero attached hydrogens (tertiary/aromatic N) is 1. The van der Waals surface area contributed by atoms with Gasteiger partial charge in [0.05, 0.1) is 18.7 Å². The molecular formula is C11H23N3O. The molecule has 0 aromatic rings. The van der Waals surface area contributed by atoms with Crippen LogP contribution in [0.25, 0.3) is 0 Å².